The van der Waals surface area contributed by atoms with Crippen molar-refractivity contribution in [2.75, 3.05) is 6.54 Å². The number of fused-ring (bicyclic) bond motifs is 2. The first kappa shape index (κ1) is 28.0. The molecule has 10 nitrogen and oxygen atoms in total. The number of hydrogen-bond acceptors (Lipinski definition) is 6. The van der Waals surface area contributed by atoms with Crippen LogP contribution in [0.5, 0.6) is 0 Å². The predicted octanol–water partition coefficient (Wildman–Crippen LogP) is 4.57. The van der Waals surface area contributed by atoms with Crippen LogP contribution in [0.15, 0.2) is 58.9 Å². The zero-order valence-electron chi connectivity index (χ0n) is 23.3. The number of hydrogen-bond donors (Lipinski definition) is 2. The maximum Gasteiger partial charge on any atom is 0.322 e. The Labute approximate surface area is 240 Å². The number of nitrogens with one attached hydrogen (secondary N) is 2. The monoisotopic (exact) mass is 571 g/mol. The SMILES string of the molecule is C=CC(=O)NCCCn1c(=O)c(=O)n(-c2c(C)ccnc2C(C)C)c2nc(-c3c(C)ccc4[nH]ncc34)c(Cl)cc21. The third kappa shape index (κ3) is 4.95. The molecule has 0 radical (unpaired) electrons. The van der Waals surface area contributed by atoms with Gasteiger partial charge in [-0.15, -0.1) is 0 Å². The van der Waals surface area contributed by atoms with Gasteiger partial charge in [-0.05, 0) is 61.6 Å². The van der Waals surface area contributed by atoms with Gasteiger partial charge in [-0.3, -0.25) is 29.0 Å². The van der Waals surface area contributed by atoms with Crippen molar-refractivity contribution in [3.63, 3.8) is 0 Å². The van der Waals surface area contributed by atoms with Gasteiger partial charge < -0.3 is 9.88 Å². The highest BCUT2D eigenvalue weighted by Gasteiger charge is 2.24. The minimum Gasteiger partial charge on any atom is -0.353 e. The van der Waals surface area contributed by atoms with Gasteiger partial charge >= 0.3 is 11.1 Å². The Morgan fingerprint density at radius 3 is 2.68 bits per heavy atom. The molecular formula is C30H30ClN7O3. The lowest BCUT2D eigenvalue weighted by Gasteiger charge is -2.20. The van der Waals surface area contributed by atoms with Crippen LogP contribution in [0, 0.1) is 13.8 Å². The van der Waals surface area contributed by atoms with Crippen molar-refractivity contribution < 1.29 is 4.79 Å². The summed E-state index contributed by atoms with van der Waals surface area (Å²) in [6.45, 7) is 11.7. The molecule has 0 atom stereocenters. The number of H-pyrrole nitrogens is 1. The number of benzene rings is 1. The Morgan fingerprint density at radius 1 is 1.17 bits per heavy atom. The van der Waals surface area contributed by atoms with Gasteiger partial charge in [0, 0.05) is 30.2 Å². The van der Waals surface area contributed by atoms with Gasteiger partial charge in [-0.2, -0.15) is 5.10 Å². The summed E-state index contributed by atoms with van der Waals surface area (Å²) in [4.78, 5) is 48.7. The van der Waals surface area contributed by atoms with E-state index < -0.39 is 11.1 Å². The largest absolute Gasteiger partial charge is 0.353 e. The van der Waals surface area contributed by atoms with Crippen LogP contribution in [-0.2, 0) is 11.3 Å². The maximum atomic E-state index is 13.9. The van der Waals surface area contributed by atoms with Gasteiger partial charge in [-0.25, -0.2) is 4.98 Å². The minimum atomic E-state index is -0.746. The third-order valence-electron chi connectivity index (χ3n) is 7.11. The van der Waals surface area contributed by atoms with Crippen molar-refractivity contribution >= 4 is 39.6 Å². The lowest BCUT2D eigenvalue weighted by molar-refractivity contribution is -0.116. The summed E-state index contributed by atoms with van der Waals surface area (Å²) < 4.78 is 2.75. The Bertz CT molecular complexity index is 1950. The first-order chi connectivity index (χ1) is 19.6. The van der Waals surface area contributed by atoms with E-state index in [2.05, 4.69) is 27.1 Å². The number of pyridine rings is 2. The van der Waals surface area contributed by atoms with E-state index in [9.17, 15) is 14.4 Å². The summed E-state index contributed by atoms with van der Waals surface area (Å²) in [5.74, 6) is -0.347. The molecule has 210 valence electrons. The molecule has 0 aliphatic rings. The molecule has 4 heterocycles. The van der Waals surface area contributed by atoms with Crippen LogP contribution in [-0.4, -0.2) is 41.8 Å². The van der Waals surface area contributed by atoms with E-state index in [1.54, 1.807) is 24.5 Å². The number of aromatic nitrogens is 6. The number of carbonyl (C=O) groups excluding carboxylic acids is 1. The van der Waals surface area contributed by atoms with Gasteiger partial charge in [-0.1, -0.05) is 38.1 Å². The second kappa shape index (κ2) is 11.1. The predicted molar refractivity (Wildman–Crippen MR) is 161 cm³/mol. The highest BCUT2D eigenvalue weighted by atomic mass is 35.5. The Morgan fingerprint density at radius 2 is 1.95 bits per heavy atom. The topological polar surface area (TPSA) is 128 Å². The summed E-state index contributed by atoms with van der Waals surface area (Å²) in [6.07, 6.45) is 4.99. The average molecular weight is 572 g/mol. The van der Waals surface area contributed by atoms with Gasteiger partial charge in [0.1, 0.15) is 0 Å². The smallest absolute Gasteiger partial charge is 0.322 e. The maximum absolute atomic E-state index is 13.9. The van der Waals surface area contributed by atoms with Crippen LogP contribution >= 0.6 is 11.6 Å². The van der Waals surface area contributed by atoms with E-state index >= 15 is 0 Å². The normalized spacial score (nSPS) is 11.5. The summed E-state index contributed by atoms with van der Waals surface area (Å²) in [5, 5.41) is 11.0. The van der Waals surface area contributed by atoms with Crippen molar-refractivity contribution in [2.45, 2.75) is 46.6 Å². The fourth-order valence-corrected chi connectivity index (χ4v) is 5.34. The molecule has 0 bridgehead atoms. The van der Waals surface area contributed by atoms with Crippen LogP contribution in [0.1, 0.15) is 43.0 Å². The van der Waals surface area contributed by atoms with E-state index in [4.69, 9.17) is 16.6 Å². The molecule has 1 aromatic carbocycles. The van der Waals surface area contributed by atoms with Gasteiger partial charge in [0.05, 0.1) is 39.3 Å². The van der Waals surface area contributed by atoms with E-state index in [0.29, 0.717) is 40.6 Å². The highest BCUT2D eigenvalue weighted by molar-refractivity contribution is 6.34. The standard InChI is InChI=1S/C30H30ClN7O3/c1-6-23(39)32-11-7-13-37-22-14-20(31)26(24-17(4)8-9-21-19(24)15-34-36-21)35-28(22)38(30(41)29(37)40)27-18(5)10-12-33-25(27)16(2)3/h6,8-10,12,14-16H,1,7,11,13H2,2-5H3,(H,32,39)(H,34,36). The number of amides is 1. The molecule has 0 unspecified atom stereocenters. The molecule has 4 aromatic heterocycles. The zero-order valence-corrected chi connectivity index (χ0v) is 24.0. The van der Waals surface area contributed by atoms with Crippen LogP contribution in [0.4, 0.5) is 0 Å². The molecule has 5 aromatic rings. The first-order valence-corrected chi connectivity index (χ1v) is 13.7. The van der Waals surface area contributed by atoms with Crippen LogP contribution in [0.25, 0.3) is 39.0 Å². The number of halogens is 1. The second-order valence-corrected chi connectivity index (χ2v) is 10.6. The molecular weight excluding hydrogens is 542 g/mol. The molecule has 41 heavy (non-hydrogen) atoms. The van der Waals surface area contributed by atoms with Crippen LogP contribution in [0.3, 0.4) is 0 Å². The zero-order chi connectivity index (χ0) is 29.4. The summed E-state index contributed by atoms with van der Waals surface area (Å²) in [7, 11) is 0. The summed E-state index contributed by atoms with van der Waals surface area (Å²) in [6, 6.07) is 7.37. The number of aromatic amines is 1. The Balaban J connectivity index is 1.85. The Hall–Kier alpha value is -4.57. The highest BCUT2D eigenvalue weighted by Crippen LogP contribution is 2.36. The molecule has 1 amide bonds. The van der Waals surface area contributed by atoms with Gasteiger partial charge in [0.2, 0.25) is 5.91 Å². The fraction of sp³-hybridized carbons (Fsp3) is 0.267. The third-order valence-corrected chi connectivity index (χ3v) is 7.40. The number of carbonyl (C=O) groups is 1. The number of nitrogens with zero attached hydrogens (tertiary/aromatic N) is 5. The van der Waals surface area contributed by atoms with Crippen LogP contribution < -0.4 is 16.4 Å². The fourth-order valence-electron chi connectivity index (χ4n) is 5.10. The van der Waals surface area contributed by atoms with Crippen molar-refractivity contribution in [3.05, 3.63) is 91.9 Å². The van der Waals surface area contributed by atoms with Gasteiger partial charge in [0.25, 0.3) is 0 Å². The van der Waals surface area contributed by atoms with Crippen molar-refractivity contribution in [1.82, 2.24) is 34.6 Å². The van der Waals surface area contributed by atoms with E-state index in [1.807, 2.05) is 39.8 Å². The molecule has 5 rings (SSSR count). The van der Waals surface area contributed by atoms with Crippen molar-refractivity contribution in [1.29, 1.82) is 0 Å². The van der Waals surface area contributed by atoms with E-state index in [-0.39, 0.29) is 24.0 Å². The van der Waals surface area contributed by atoms with Gasteiger partial charge in [0.15, 0.2) is 5.65 Å². The average Bonchev–Trinajstić information content (AvgIpc) is 3.42. The van der Waals surface area contributed by atoms with Crippen molar-refractivity contribution in [3.8, 4) is 16.9 Å². The first-order valence-electron chi connectivity index (χ1n) is 13.3. The minimum absolute atomic E-state index is 0.0311. The Kier molecular flexibility index (Phi) is 7.59. The van der Waals surface area contributed by atoms with E-state index in [0.717, 1.165) is 27.6 Å². The number of aryl methyl sites for hydroxylation is 3. The lowest BCUT2D eigenvalue weighted by Crippen LogP contribution is -2.42. The molecule has 11 heteroatoms. The molecule has 0 saturated carbocycles. The molecule has 0 saturated heterocycles. The van der Waals surface area contributed by atoms with Crippen molar-refractivity contribution in [2.24, 2.45) is 0 Å². The van der Waals surface area contributed by atoms with Crippen LogP contribution in [0.2, 0.25) is 5.02 Å². The van der Waals surface area contributed by atoms with E-state index in [1.165, 1.54) is 15.2 Å². The molecule has 0 aliphatic heterocycles. The molecule has 0 aliphatic carbocycles. The summed E-state index contributed by atoms with van der Waals surface area (Å²) in [5.41, 5.74) is 4.17. The quantitative estimate of drug-likeness (QED) is 0.159. The molecule has 0 fully saturated rings. The molecule has 0 spiro atoms. The second-order valence-electron chi connectivity index (χ2n) is 10.2. The molecule has 2 N–H and O–H groups in total. The lowest BCUT2D eigenvalue weighted by atomic mass is 10.0. The summed E-state index contributed by atoms with van der Waals surface area (Å²) >= 11 is 6.90. The number of rotatable bonds is 8.